The van der Waals surface area contributed by atoms with Crippen molar-refractivity contribution in [2.45, 2.75) is 32.7 Å². The third-order valence-electron chi connectivity index (χ3n) is 4.74. The fourth-order valence-corrected chi connectivity index (χ4v) is 3.26. The van der Waals surface area contributed by atoms with Gasteiger partial charge in [-0.15, -0.1) is 0 Å². The van der Waals surface area contributed by atoms with E-state index in [1.165, 1.54) is 18.5 Å². The molecule has 3 rings (SSSR count). The number of anilines is 2. The fraction of sp³-hybridized carbons (Fsp3) is 0.350. The Kier molecular flexibility index (Phi) is 5.12. The molecule has 1 heterocycles. The number of carbonyl (C=O) groups is 1. The summed E-state index contributed by atoms with van der Waals surface area (Å²) < 4.78 is 0. The van der Waals surface area contributed by atoms with Gasteiger partial charge in [-0.25, -0.2) is 4.79 Å². The van der Waals surface area contributed by atoms with Crippen LogP contribution in [0.3, 0.4) is 0 Å². The van der Waals surface area contributed by atoms with Gasteiger partial charge in [-0.2, -0.15) is 0 Å². The second kappa shape index (κ2) is 7.47. The highest BCUT2D eigenvalue weighted by atomic mass is 16.3. The van der Waals surface area contributed by atoms with Gasteiger partial charge in [0.25, 0.3) is 0 Å². The Morgan fingerprint density at radius 3 is 2.48 bits per heavy atom. The summed E-state index contributed by atoms with van der Waals surface area (Å²) in [6.07, 6.45) is 2.45. The second-order valence-corrected chi connectivity index (χ2v) is 6.56. The summed E-state index contributed by atoms with van der Waals surface area (Å²) in [7, 11) is 0. The molecule has 1 fully saturated rings. The Hall–Kier alpha value is -2.69. The van der Waals surface area contributed by atoms with E-state index in [4.69, 9.17) is 0 Å². The minimum Gasteiger partial charge on any atom is -0.508 e. The minimum absolute atomic E-state index is 0.150. The molecular weight excluding hydrogens is 314 g/mol. The average Bonchev–Trinajstić information content (AvgIpc) is 3.11. The number of hydrogen-bond acceptors (Lipinski definition) is 3. The summed E-state index contributed by atoms with van der Waals surface area (Å²) in [6.45, 7) is 6.12. The van der Waals surface area contributed by atoms with E-state index in [2.05, 4.69) is 21.6 Å². The molecule has 3 N–H and O–H groups in total. The fourth-order valence-electron chi connectivity index (χ4n) is 3.26. The van der Waals surface area contributed by atoms with E-state index in [9.17, 15) is 9.90 Å². The first-order valence-corrected chi connectivity index (χ1v) is 8.75. The first-order chi connectivity index (χ1) is 12.0. The van der Waals surface area contributed by atoms with Crippen molar-refractivity contribution in [3.63, 3.8) is 0 Å². The zero-order valence-corrected chi connectivity index (χ0v) is 14.7. The van der Waals surface area contributed by atoms with Crippen molar-refractivity contribution in [1.29, 1.82) is 0 Å². The standard InChI is InChI=1S/C20H25N3O2/c1-14-18(6-5-7-19(14)23-12-3-4-13-23)22-20(25)21-15(2)16-8-10-17(24)11-9-16/h5-11,15,24H,3-4,12-13H2,1-2H3,(H2,21,22,25). The van der Waals surface area contributed by atoms with Gasteiger partial charge in [0, 0.05) is 24.5 Å². The van der Waals surface area contributed by atoms with Gasteiger partial charge >= 0.3 is 6.03 Å². The minimum atomic E-state index is -0.234. The number of hydrogen-bond donors (Lipinski definition) is 3. The lowest BCUT2D eigenvalue weighted by molar-refractivity contribution is 0.249. The summed E-state index contributed by atoms with van der Waals surface area (Å²) in [6, 6.07) is 12.5. The SMILES string of the molecule is Cc1c(NC(=O)NC(C)c2ccc(O)cc2)cccc1N1CCCC1. The molecule has 1 saturated heterocycles. The van der Waals surface area contributed by atoms with E-state index in [0.29, 0.717) is 0 Å². The molecule has 132 valence electrons. The van der Waals surface area contributed by atoms with Crippen LogP contribution in [0, 0.1) is 6.92 Å². The van der Waals surface area contributed by atoms with Crippen LogP contribution in [-0.2, 0) is 0 Å². The van der Waals surface area contributed by atoms with E-state index < -0.39 is 0 Å². The zero-order chi connectivity index (χ0) is 17.8. The predicted octanol–water partition coefficient (Wildman–Crippen LogP) is 4.18. The molecule has 0 saturated carbocycles. The number of phenolic OH excluding ortho intramolecular Hbond substituents is 1. The van der Waals surface area contributed by atoms with Crippen molar-refractivity contribution in [3.05, 3.63) is 53.6 Å². The average molecular weight is 339 g/mol. The van der Waals surface area contributed by atoms with E-state index in [1.54, 1.807) is 24.3 Å². The maximum Gasteiger partial charge on any atom is 0.319 e. The molecule has 1 aliphatic rings. The largest absolute Gasteiger partial charge is 0.508 e. The predicted molar refractivity (Wildman–Crippen MR) is 101 cm³/mol. The number of phenols is 1. The molecular formula is C20H25N3O2. The van der Waals surface area contributed by atoms with E-state index in [-0.39, 0.29) is 17.8 Å². The maximum atomic E-state index is 12.4. The van der Waals surface area contributed by atoms with Gasteiger partial charge in [-0.05, 0) is 62.1 Å². The number of benzene rings is 2. The molecule has 25 heavy (non-hydrogen) atoms. The molecule has 2 aromatic carbocycles. The van der Waals surface area contributed by atoms with Crippen LogP contribution in [0.15, 0.2) is 42.5 Å². The van der Waals surface area contributed by atoms with Crippen LogP contribution < -0.4 is 15.5 Å². The van der Waals surface area contributed by atoms with Crippen LogP contribution in [0.4, 0.5) is 16.2 Å². The number of amides is 2. The monoisotopic (exact) mass is 339 g/mol. The smallest absolute Gasteiger partial charge is 0.319 e. The Labute approximate surface area is 148 Å². The molecule has 5 heteroatoms. The van der Waals surface area contributed by atoms with Crippen LogP contribution in [0.1, 0.15) is 36.9 Å². The quantitative estimate of drug-likeness (QED) is 0.783. The van der Waals surface area contributed by atoms with Gasteiger partial charge in [-0.3, -0.25) is 0 Å². The molecule has 1 aliphatic heterocycles. The number of urea groups is 1. The summed E-state index contributed by atoms with van der Waals surface area (Å²) in [5, 5.41) is 15.3. The lowest BCUT2D eigenvalue weighted by Crippen LogP contribution is -2.31. The van der Waals surface area contributed by atoms with Gasteiger partial charge in [0.05, 0.1) is 6.04 Å². The molecule has 0 aromatic heterocycles. The van der Waals surface area contributed by atoms with Crippen molar-refractivity contribution in [1.82, 2.24) is 5.32 Å². The summed E-state index contributed by atoms with van der Waals surface area (Å²) >= 11 is 0. The van der Waals surface area contributed by atoms with Crippen LogP contribution in [0.2, 0.25) is 0 Å². The molecule has 0 spiro atoms. The number of aromatic hydroxyl groups is 1. The molecule has 0 radical (unpaired) electrons. The topological polar surface area (TPSA) is 64.6 Å². The highest BCUT2D eigenvalue weighted by Gasteiger charge is 2.17. The van der Waals surface area contributed by atoms with Gasteiger partial charge in [0.15, 0.2) is 0 Å². The van der Waals surface area contributed by atoms with Crippen LogP contribution >= 0.6 is 0 Å². The summed E-state index contributed by atoms with van der Waals surface area (Å²) in [5.74, 6) is 0.217. The first-order valence-electron chi connectivity index (χ1n) is 8.75. The third kappa shape index (κ3) is 4.05. The van der Waals surface area contributed by atoms with Crippen molar-refractivity contribution in [2.75, 3.05) is 23.3 Å². The number of nitrogens with one attached hydrogen (secondary N) is 2. The lowest BCUT2D eigenvalue weighted by Gasteiger charge is -2.22. The van der Waals surface area contributed by atoms with E-state index >= 15 is 0 Å². The highest BCUT2D eigenvalue weighted by Crippen LogP contribution is 2.29. The highest BCUT2D eigenvalue weighted by molar-refractivity contribution is 5.91. The summed E-state index contributed by atoms with van der Waals surface area (Å²) in [4.78, 5) is 14.7. The molecule has 1 atom stereocenters. The molecule has 2 aromatic rings. The first kappa shape index (κ1) is 17.1. The Morgan fingerprint density at radius 1 is 1.12 bits per heavy atom. The Morgan fingerprint density at radius 2 is 1.80 bits per heavy atom. The Bertz CT molecular complexity index is 737. The number of carbonyl (C=O) groups excluding carboxylic acids is 1. The van der Waals surface area contributed by atoms with Gasteiger partial charge in [0.1, 0.15) is 5.75 Å². The van der Waals surface area contributed by atoms with Crippen molar-refractivity contribution >= 4 is 17.4 Å². The second-order valence-electron chi connectivity index (χ2n) is 6.56. The molecule has 2 amide bonds. The van der Waals surface area contributed by atoms with Gasteiger partial charge < -0.3 is 20.6 Å². The van der Waals surface area contributed by atoms with Crippen molar-refractivity contribution in [3.8, 4) is 5.75 Å². The molecule has 1 unspecified atom stereocenters. The van der Waals surface area contributed by atoms with E-state index in [0.717, 1.165) is 29.9 Å². The van der Waals surface area contributed by atoms with Crippen molar-refractivity contribution < 1.29 is 9.90 Å². The zero-order valence-electron chi connectivity index (χ0n) is 14.7. The molecule has 0 bridgehead atoms. The number of nitrogens with zero attached hydrogens (tertiary/aromatic N) is 1. The van der Waals surface area contributed by atoms with Gasteiger partial charge in [-0.1, -0.05) is 18.2 Å². The maximum absolute atomic E-state index is 12.4. The number of rotatable bonds is 4. The van der Waals surface area contributed by atoms with Crippen LogP contribution in [0.25, 0.3) is 0 Å². The summed E-state index contributed by atoms with van der Waals surface area (Å²) in [5.41, 5.74) is 4.06. The molecule has 5 nitrogen and oxygen atoms in total. The third-order valence-corrected chi connectivity index (χ3v) is 4.74. The molecule has 0 aliphatic carbocycles. The van der Waals surface area contributed by atoms with Crippen LogP contribution in [-0.4, -0.2) is 24.2 Å². The van der Waals surface area contributed by atoms with Crippen molar-refractivity contribution in [2.24, 2.45) is 0 Å². The Balaban J connectivity index is 1.66. The van der Waals surface area contributed by atoms with Gasteiger partial charge in [0.2, 0.25) is 0 Å². The lowest BCUT2D eigenvalue weighted by atomic mass is 10.1. The van der Waals surface area contributed by atoms with E-state index in [1.807, 2.05) is 26.0 Å². The van der Waals surface area contributed by atoms with Crippen LogP contribution in [0.5, 0.6) is 5.75 Å². The normalized spacial score (nSPS) is 15.0.